The van der Waals surface area contributed by atoms with Crippen molar-refractivity contribution < 1.29 is 9.59 Å². The van der Waals surface area contributed by atoms with E-state index in [0.29, 0.717) is 22.9 Å². The summed E-state index contributed by atoms with van der Waals surface area (Å²) in [7, 11) is 3.69. The van der Waals surface area contributed by atoms with Crippen molar-refractivity contribution in [1.82, 2.24) is 24.6 Å². The third-order valence-corrected chi connectivity index (χ3v) is 5.61. The van der Waals surface area contributed by atoms with Crippen molar-refractivity contribution >= 4 is 28.8 Å². The molecule has 0 saturated heterocycles. The second-order valence-electron chi connectivity index (χ2n) is 7.51. The maximum atomic E-state index is 12.8. The molecular weight excluding hydrogens is 388 g/mol. The summed E-state index contributed by atoms with van der Waals surface area (Å²) >= 11 is 1.38. The molecule has 0 aliphatic carbocycles. The van der Waals surface area contributed by atoms with Gasteiger partial charge in [0.15, 0.2) is 0 Å². The molecule has 0 bridgehead atoms. The fraction of sp³-hybridized carbons (Fsp3) is 0.400. The number of nitrogens with one attached hydrogen (secondary N) is 2. The zero-order valence-corrected chi connectivity index (χ0v) is 18.1. The first-order valence-corrected chi connectivity index (χ1v) is 10.3. The van der Waals surface area contributed by atoms with Gasteiger partial charge in [-0.3, -0.25) is 14.3 Å². The maximum Gasteiger partial charge on any atom is 0.275 e. The number of carbonyl (C=O) groups excluding carboxylic acids is 2. The summed E-state index contributed by atoms with van der Waals surface area (Å²) in [6.07, 6.45) is 5.89. The number of carbonyl (C=O) groups is 2. The number of aromatic nitrogens is 4. The molecule has 0 saturated carbocycles. The highest BCUT2D eigenvalue weighted by Gasteiger charge is 2.23. The summed E-state index contributed by atoms with van der Waals surface area (Å²) in [5.74, 6) is -0.0759. The highest BCUT2D eigenvalue weighted by atomic mass is 32.1. The van der Waals surface area contributed by atoms with Crippen molar-refractivity contribution in [1.29, 1.82) is 0 Å². The summed E-state index contributed by atoms with van der Waals surface area (Å²) in [5.41, 5.74) is 2.49. The Bertz CT molecular complexity index is 1020. The Labute approximate surface area is 174 Å². The van der Waals surface area contributed by atoms with Crippen molar-refractivity contribution in [2.75, 3.05) is 5.32 Å². The zero-order chi connectivity index (χ0) is 21.1. The summed E-state index contributed by atoms with van der Waals surface area (Å²) in [5, 5.41) is 12.3. The fourth-order valence-electron chi connectivity index (χ4n) is 3.01. The number of aryl methyl sites for hydroxylation is 2. The van der Waals surface area contributed by atoms with Crippen LogP contribution in [0.4, 0.5) is 5.69 Å². The minimum absolute atomic E-state index is 0.134. The molecule has 0 aliphatic heterocycles. The monoisotopic (exact) mass is 414 g/mol. The molecule has 0 aliphatic rings. The largest absolute Gasteiger partial charge is 0.354 e. The van der Waals surface area contributed by atoms with E-state index in [-0.39, 0.29) is 17.9 Å². The van der Waals surface area contributed by atoms with E-state index in [9.17, 15) is 9.59 Å². The molecule has 0 fully saturated rings. The van der Waals surface area contributed by atoms with Gasteiger partial charge in [-0.1, -0.05) is 13.8 Å². The van der Waals surface area contributed by atoms with Crippen LogP contribution in [-0.4, -0.2) is 31.1 Å². The van der Waals surface area contributed by atoms with Crippen molar-refractivity contribution in [3.05, 3.63) is 52.0 Å². The van der Waals surface area contributed by atoms with E-state index in [1.54, 1.807) is 29.5 Å². The van der Waals surface area contributed by atoms with Crippen molar-refractivity contribution in [3.63, 3.8) is 0 Å². The molecule has 0 aromatic carbocycles. The molecule has 8 nitrogen and oxygen atoms in total. The zero-order valence-electron chi connectivity index (χ0n) is 17.3. The van der Waals surface area contributed by atoms with Crippen LogP contribution in [0.3, 0.4) is 0 Å². The average Bonchev–Trinajstić information content (AvgIpc) is 3.36. The van der Waals surface area contributed by atoms with Crippen molar-refractivity contribution in [3.8, 4) is 0 Å². The number of hydrogen-bond donors (Lipinski definition) is 2. The lowest BCUT2D eigenvalue weighted by molar-refractivity contribution is 0.0931. The van der Waals surface area contributed by atoms with Crippen LogP contribution in [0.2, 0.25) is 0 Å². The third kappa shape index (κ3) is 4.92. The Balaban J connectivity index is 1.76. The van der Waals surface area contributed by atoms with Crippen LogP contribution in [-0.2, 0) is 14.1 Å². The minimum Gasteiger partial charge on any atom is -0.354 e. The summed E-state index contributed by atoms with van der Waals surface area (Å²) in [6.45, 7) is 6.10. The molecule has 9 heteroatoms. The smallest absolute Gasteiger partial charge is 0.275 e. The van der Waals surface area contributed by atoms with Crippen molar-refractivity contribution in [2.24, 2.45) is 20.0 Å². The van der Waals surface area contributed by atoms with Crippen LogP contribution in [0.5, 0.6) is 0 Å². The van der Waals surface area contributed by atoms with Crippen LogP contribution >= 0.6 is 11.3 Å². The number of nitrogens with zero attached hydrogens (tertiary/aromatic N) is 4. The van der Waals surface area contributed by atoms with Crippen LogP contribution in [0, 0.1) is 12.8 Å². The van der Waals surface area contributed by atoms with Gasteiger partial charge in [-0.25, -0.2) is 4.98 Å². The fourth-order valence-corrected chi connectivity index (χ4v) is 3.87. The van der Waals surface area contributed by atoms with Gasteiger partial charge in [0.2, 0.25) is 0 Å². The molecule has 1 atom stereocenters. The topological polar surface area (TPSA) is 93.8 Å². The number of hydrogen-bond acceptors (Lipinski definition) is 5. The molecule has 2 amide bonds. The van der Waals surface area contributed by atoms with Crippen LogP contribution in [0.1, 0.15) is 57.9 Å². The number of rotatable bonds is 7. The Kier molecular flexibility index (Phi) is 6.17. The second-order valence-corrected chi connectivity index (χ2v) is 8.40. The molecule has 2 N–H and O–H groups in total. The number of anilines is 1. The van der Waals surface area contributed by atoms with Crippen LogP contribution in [0.15, 0.2) is 30.0 Å². The van der Waals surface area contributed by atoms with Gasteiger partial charge in [0.1, 0.15) is 10.7 Å². The van der Waals surface area contributed by atoms with Gasteiger partial charge < -0.3 is 15.2 Å². The highest BCUT2D eigenvalue weighted by Crippen LogP contribution is 2.26. The molecule has 3 aromatic rings. The molecular formula is C20H26N6O2S. The first-order chi connectivity index (χ1) is 13.7. The highest BCUT2D eigenvalue weighted by molar-refractivity contribution is 7.10. The average molecular weight is 415 g/mol. The lowest BCUT2D eigenvalue weighted by atomic mass is 10.0. The Morgan fingerprint density at radius 1 is 1.24 bits per heavy atom. The molecule has 0 spiro atoms. The predicted octanol–water partition coefficient (Wildman–Crippen LogP) is 3.29. The third-order valence-electron chi connectivity index (χ3n) is 4.66. The predicted molar refractivity (Wildman–Crippen MR) is 113 cm³/mol. The normalized spacial score (nSPS) is 12.2. The van der Waals surface area contributed by atoms with Gasteiger partial charge in [0.25, 0.3) is 11.8 Å². The first-order valence-electron chi connectivity index (χ1n) is 9.42. The van der Waals surface area contributed by atoms with Crippen LogP contribution < -0.4 is 10.6 Å². The maximum absolute atomic E-state index is 12.8. The van der Waals surface area contributed by atoms with E-state index in [2.05, 4.69) is 34.6 Å². The lowest BCUT2D eigenvalue weighted by Crippen LogP contribution is -2.30. The van der Waals surface area contributed by atoms with Crippen LogP contribution in [0.25, 0.3) is 0 Å². The molecule has 0 unspecified atom stereocenters. The van der Waals surface area contributed by atoms with E-state index in [0.717, 1.165) is 17.1 Å². The van der Waals surface area contributed by atoms with E-state index >= 15 is 0 Å². The number of thiazole rings is 1. The lowest BCUT2D eigenvalue weighted by Gasteiger charge is -2.18. The molecule has 0 radical (unpaired) electrons. The van der Waals surface area contributed by atoms with Gasteiger partial charge in [-0.15, -0.1) is 11.3 Å². The molecule has 3 aromatic heterocycles. The van der Waals surface area contributed by atoms with E-state index in [4.69, 9.17) is 0 Å². The standard InChI is InChI=1S/C20H26N6O2S/c1-12(2)8-16(23-18(27)15-6-7-25(4)13(15)3)20-24-17(11-29-20)19(28)22-14-9-21-26(5)10-14/h6-7,9-12,16H,8H2,1-5H3,(H,22,28)(H,23,27)/t16-/m0/s1. The Morgan fingerprint density at radius 3 is 2.59 bits per heavy atom. The Morgan fingerprint density at radius 2 is 2.00 bits per heavy atom. The van der Waals surface area contributed by atoms with Gasteiger partial charge in [0, 0.05) is 37.6 Å². The van der Waals surface area contributed by atoms with E-state index in [1.807, 2.05) is 30.8 Å². The molecule has 3 rings (SSSR count). The molecule has 3 heterocycles. The van der Waals surface area contributed by atoms with E-state index < -0.39 is 0 Å². The number of amides is 2. The van der Waals surface area contributed by atoms with Gasteiger partial charge in [0.05, 0.1) is 23.5 Å². The quantitative estimate of drug-likeness (QED) is 0.620. The van der Waals surface area contributed by atoms with Gasteiger partial charge >= 0.3 is 0 Å². The molecule has 154 valence electrons. The van der Waals surface area contributed by atoms with E-state index in [1.165, 1.54) is 11.3 Å². The van der Waals surface area contributed by atoms with Crippen molar-refractivity contribution in [2.45, 2.75) is 33.2 Å². The van der Waals surface area contributed by atoms with Gasteiger partial charge in [-0.05, 0) is 25.3 Å². The summed E-state index contributed by atoms with van der Waals surface area (Å²) < 4.78 is 3.53. The molecule has 29 heavy (non-hydrogen) atoms. The SMILES string of the molecule is Cc1c(C(=O)N[C@@H](CC(C)C)c2nc(C(=O)Nc3cnn(C)c3)cs2)ccn1C. The first kappa shape index (κ1) is 20.8. The second kappa shape index (κ2) is 8.60. The summed E-state index contributed by atoms with van der Waals surface area (Å²) in [6, 6.07) is 1.55. The summed E-state index contributed by atoms with van der Waals surface area (Å²) in [4.78, 5) is 29.8. The van der Waals surface area contributed by atoms with Gasteiger partial charge in [-0.2, -0.15) is 5.10 Å². The Hall–Kier alpha value is -2.94. The minimum atomic E-state index is -0.297.